The summed E-state index contributed by atoms with van der Waals surface area (Å²) in [5, 5.41) is 0.965. The van der Waals surface area contributed by atoms with Crippen LogP contribution in [0.1, 0.15) is 27.9 Å². The summed E-state index contributed by atoms with van der Waals surface area (Å²) in [5.41, 5.74) is 4.43. The minimum absolute atomic E-state index is 0.0454. The van der Waals surface area contributed by atoms with Crippen molar-refractivity contribution < 1.29 is 19.0 Å². The molecule has 0 aliphatic rings. The van der Waals surface area contributed by atoms with Gasteiger partial charge in [-0.1, -0.05) is 42.5 Å². The largest absolute Gasteiger partial charge is 0.493 e. The first-order valence-corrected chi connectivity index (χ1v) is 11.2. The molecule has 3 aromatic carbocycles. The van der Waals surface area contributed by atoms with E-state index in [1.165, 1.54) is 0 Å². The SMILES string of the molecule is COc1cc(/C=C\c2cccc(N=CCC(=O)c3cn(C)c4ccccc34)c2)cc(OC)c1OC. The minimum atomic E-state index is 0.0454. The molecule has 0 saturated heterocycles. The number of aryl methyl sites for hydroxylation is 1. The van der Waals surface area contributed by atoms with E-state index in [2.05, 4.69) is 4.99 Å². The second-order valence-electron chi connectivity index (χ2n) is 8.00. The molecule has 178 valence electrons. The molecule has 6 heteroatoms. The lowest BCUT2D eigenvalue weighted by Crippen LogP contribution is -1.98. The number of para-hydroxylation sites is 1. The Morgan fingerprint density at radius 1 is 0.886 bits per heavy atom. The van der Waals surface area contributed by atoms with E-state index in [0.717, 1.165) is 33.3 Å². The van der Waals surface area contributed by atoms with Crippen LogP contribution in [0.5, 0.6) is 17.2 Å². The molecule has 0 unspecified atom stereocenters. The third-order valence-electron chi connectivity index (χ3n) is 5.74. The summed E-state index contributed by atoms with van der Waals surface area (Å²) in [6, 6.07) is 19.5. The van der Waals surface area contributed by atoms with Crippen LogP contribution in [0.4, 0.5) is 5.69 Å². The van der Waals surface area contributed by atoms with Gasteiger partial charge in [-0.25, -0.2) is 0 Å². The number of carbonyl (C=O) groups is 1. The number of benzene rings is 3. The molecule has 6 nitrogen and oxygen atoms in total. The van der Waals surface area contributed by atoms with Crippen molar-refractivity contribution in [2.45, 2.75) is 6.42 Å². The molecule has 0 aliphatic heterocycles. The van der Waals surface area contributed by atoms with Gasteiger partial charge in [0, 0.05) is 42.3 Å². The van der Waals surface area contributed by atoms with Crippen LogP contribution in [0, 0.1) is 0 Å². The van der Waals surface area contributed by atoms with E-state index in [0.29, 0.717) is 17.2 Å². The smallest absolute Gasteiger partial charge is 0.203 e. The Kier molecular flexibility index (Phi) is 7.31. The molecule has 0 N–H and O–H groups in total. The molecule has 0 spiro atoms. The van der Waals surface area contributed by atoms with Crippen molar-refractivity contribution in [1.82, 2.24) is 4.57 Å². The average Bonchev–Trinajstić information content (AvgIpc) is 3.23. The number of Topliss-reactive ketones (excluding diaryl/α,β-unsaturated/α-hetero) is 1. The molecule has 1 heterocycles. The highest BCUT2D eigenvalue weighted by molar-refractivity contribution is 6.12. The number of hydrogen-bond acceptors (Lipinski definition) is 5. The Morgan fingerprint density at radius 3 is 2.31 bits per heavy atom. The van der Waals surface area contributed by atoms with Gasteiger partial charge in [-0.2, -0.15) is 0 Å². The Bertz CT molecular complexity index is 1390. The number of rotatable bonds is 9. The van der Waals surface area contributed by atoms with Gasteiger partial charge in [0.2, 0.25) is 5.75 Å². The molecular formula is C29H28N2O4. The van der Waals surface area contributed by atoms with E-state index < -0.39 is 0 Å². The van der Waals surface area contributed by atoms with Gasteiger partial charge >= 0.3 is 0 Å². The lowest BCUT2D eigenvalue weighted by molar-refractivity contribution is 0.100. The minimum Gasteiger partial charge on any atom is -0.493 e. The lowest BCUT2D eigenvalue weighted by Gasteiger charge is -2.12. The highest BCUT2D eigenvalue weighted by atomic mass is 16.5. The van der Waals surface area contributed by atoms with Crippen LogP contribution in [-0.4, -0.2) is 37.9 Å². The van der Waals surface area contributed by atoms with Gasteiger partial charge in [-0.15, -0.1) is 0 Å². The van der Waals surface area contributed by atoms with Gasteiger partial charge in [0.25, 0.3) is 0 Å². The standard InChI is InChI=1S/C29H28N2O4/c1-31-19-24(23-10-5-6-11-25(23)31)26(32)14-15-30-22-9-7-8-20(16-22)12-13-21-17-27(33-2)29(35-4)28(18-21)34-3/h5-13,15-19H,14H2,1-4H3/b13-12-,30-15?. The third kappa shape index (κ3) is 5.27. The second kappa shape index (κ2) is 10.7. The van der Waals surface area contributed by atoms with Crippen molar-refractivity contribution in [3.05, 3.63) is 83.6 Å². The Hall–Kier alpha value is -4.32. The molecule has 0 atom stereocenters. The van der Waals surface area contributed by atoms with Crippen molar-refractivity contribution >= 4 is 40.7 Å². The summed E-state index contributed by atoms with van der Waals surface area (Å²) in [6.07, 6.45) is 7.75. The van der Waals surface area contributed by atoms with E-state index in [9.17, 15) is 4.79 Å². The Morgan fingerprint density at radius 2 is 1.60 bits per heavy atom. The van der Waals surface area contributed by atoms with E-state index in [1.807, 2.05) is 90.6 Å². The summed E-state index contributed by atoms with van der Waals surface area (Å²) in [7, 11) is 6.72. The normalized spacial score (nSPS) is 11.4. The fraction of sp³-hybridized carbons (Fsp3) is 0.172. The Balaban J connectivity index is 1.47. The first kappa shape index (κ1) is 23.8. The number of hydrogen-bond donors (Lipinski definition) is 0. The van der Waals surface area contributed by atoms with Crippen LogP contribution in [0.25, 0.3) is 23.1 Å². The molecule has 0 fully saturated rings. The molecule has 0 aliphatic carbocycles. The fourth-order valence-corrected chi connectivity index (χ4v) is 4.01. The molecular weight excluding hydrogens is 440 g/mol. The molecule has 0 radical (unpaired) electrons. The van der Waals surface area contributed by atoms with Crippen LogP contribution < -0.4 is 14.2 Å². The highest BCUT2D eigenvalue weighted by Crippen LogP contribution is 2.38. The van der Waals surface area contributed by atoms with Crippen molar-refractivity contribution in [2.75, 3.05) is 21.3 Å². The number of ketones is 1. The molecule has 0 amide bonds. The van der Waals surface area contributed by atoms with Crippen LogP contribution >= 0.6 is 0 Å². The molecule has 4 aromatic rings. The summed E-state index contributed by atoms with van der Waals surface area (Å²) in [6.45, 7) is 0. The van der Waals surface area contributed by atoms with E-state index >= 15 is 0 Å². The highest BCUT2D eigenvalue weighted by Gasteiger charge is 2.13. The van der Waals surface area contributed by atoms with Gasteiger partial charge in [-0.05, 0) is 41.5 Å². The van der Waals surface area contributed by atoms with Gasteiger partial charge in [0.15, 0.2) is 17.3 Å². The first-order valence-electron chi connectivity index (χ1n) is 11.2. The Labute approximate surface area is 205 Å². The van der Waals surface area contributed by atoms with E-state index in [1.54, 1.807) is 27.5 Å². The van der Waals surface area contributed by atoms with Gasteiger partial charge in [0.05, 0.1) is 27.0 Å². The number of methoxy groups -OCH3 is 3. The van der Waals surface area contributed by atoms with Gasteiger partial charge < -0.3 is 18.8 Å². The molecule has 0 bridgehead atoms. The van der Waals surface area contributed by atoms with Crippen LogP contribution in [0.2, 0.25) is 0 Å². The number of carbonyl (C=O) groups excluding carboxylic acids is 1. The first-order chi connectivity index (χ1) is 17.0. The molecule has 0 saturated carbocycles. The quantitative estimate of drug-likeness (QED) is 0.163. The van der Waals surface area contributed by atoms with Crippen LogP contribution in [-0.2, 0) is 7.05 Å². The molecule has 4 rings (SSSR count). The summed E-state index contributed by atoms with van der Waals surface area (Å²) in [5.74, 6) is 1.80. The third-order valence-corrected chi connectivity index (χ3v) is 5.74. The zero-order chi connectivity index (χ0) is 24.8. The van der Waals surface area contributed by atoms with Gasteiger partial charge in [-0.3, -0.25) is 9.79 Å². The predicted molar refractivity (Wildman–Crippen MR) is 141 cm³/mol. The van der Waals surface area contributed by atoms with Crippen molar-refractivity contribution in [2.24, 2.45) is 12.0 Å². The molecule has 35 heavy (non-hydrogen) atoms. The fourth-order valence-electron chi connectivity index (χ4n) is 4.01. The zero-order valence-electron chi connectivity index (χ0n) is 20.3. The van der Waals surface area contributed by atoms with Crippen molar-refractivity contribution in [1.29, 1.82) is 0 Å². The maximum atomic E-state index is 12.8. The number of aliphatic imine (C=N–C) groups is 1. The summed E-state index contributed by atoms with van der Waals surface area (Å²) >= 11 is 0. The number of ether oxygens (including phenoxy) is 3. The predicted octanol–water partition coefficient (Wildman–Crippen LogP) is 6.35. The van der Waals surface area contributed by atoms with Crippen molar-refractivity contribution in [3.63, 3.8) is 0 Å². The molecule has 1 aromatic heterocycles. The van der Waals surface area contributed by atoms with E-state index in [-0.39, 0.29) is 12.2 Å². The topological polar surface area (TPSA) is 62.0 Å². The summed E-state index contributed by atoms with van der Waals surface area (Å²) in [4.78, 5) is 17.3. The monoisotopic (exact) mass is 468 g/mol. The van der Waals surface area contributed by atoms with Crippen LogP contribution in [0.3, 0.4) is 0 Å². The zero-order valence-corrected chi connectivity index (χ0v) is 20.3. The van der Waals surface area contributed by atoms with Crippen LogP contribution in [0.15, 0.2) is 71.9 Å². The lowest BCUT2D eigenvalue weighted by atomic mass is 10.1. The number of aromatic nitrogens is 1. The maximum Gasteiger partial charge on any atom is 0.203 e. The van der Waals surface area contributed by atoms with Crippen molar-refractivity contribution in [3.8, 4) is 17.2 Å². The van der Waals surface area contributed by atoms with Gasteiger partial charge in [0.1, 0.15) is 0 Å². The number of nitrogens with zero attached hydrogens (tertiary/aromatic N) is 2. The van der Waals surface area contributed by atoms with E-state index in [4.69, 9.17) is 14.2 Å². The summed E-state index contributed by atoms with van der Waals surface area (Å²) < 4.78 is 18.2. The second-order valence-corrected chi connectivity index (χ2v) is 8.00. The maximum absolute atomic E-state index is 12.8. The number of fused-ring (bicyclic) bond motifs is 1. The average molecular weight is 469 g/mol.